The van der Waals surface area contributed by atoms with Crippen molar-refractivity contribution in [1.29, 1.82) is 0 Å². The standard InChI is InChI=1S/C18H23N3O2S/c1-2-16-21-17(11-5-3-4-6-11)18(24-16)12-7-8-14(13(19)9-12)23-10-15(20)22/h7-9,11H,2-6,10,19H2,1H3,(H2,20,22). The molecule has 0 saturated heterocycles. The van der Waals surface area contributed by atoms with Gasteiger partial charge in [0.05, 0.1) is 21.3 Å². The molecule has 0 radical (unpaired) electrons. The molecule has 0 atom stereocenters. The van der Waals surface area contributed by atoms with E-state index in [-0.39, 0.29) is 6.61 Å². The van der Waals surface area contributed by atoms with Crippen LogP contribution in [0.15, 0.2) is 18.2 Å². The van der Waals surface area contributed by atoms with Crippen molar-refractivity contribution in [3.63, 3.8) is 0 Å². The topological polar surface area (TPSA) is 91.2 Å². The molecule has 1 amide bonds. The molecule has 2 aromatic rings. The highest BCUT2D eigenvalue weighted by atomic mass is 32.1. The van der Waals surface area contributed by atoms with Gasteiger partial charge in [-0.25, -0.2) is 4.98 Å². The summed E-state index contributed by atoms with van der Waals surface area (Å²) in [5.41, 5.74) is 14.0. The average molecular weight is 345 g/mol. The number of hydrogen-bond acceptors (Lipinski definition) is 5. The van der Waals surface area contributed by atoms with Crippen molar-refractivity contribution in [1.82, 2.24) is 4.98 Å². The zero-order valence-corrected chi connectivity index (χ0v) is 14.7. The number of thiazole rings is 1. The van der Waals surface area contributed by atoms with Crippen LogP contribution in [0.5, 0.6) is 5.75 Å². The molecule has 6 heteroatoms. The first kappa shape index (κ1) is 16.8. The van der Waals surface area contributed by atoms with Crippen LogP contribution in [-0.4, -0.2) is 17.5 Å². The maximum atomic E-state index is 10.8. The molecule has 0 aliphatic heterocycles. The SMILES string of the molecule is CCc1nc(C2CCCC2)c(-c2ccc(OCC(N)=O)c(N)c2)s1. The van der Waals surface area contributed by atoms with E-state index in [0.717, 1.165) is 12.0 Å². The number of nitrogens with zero attached hydrogens (tertiary/aromatic N) is 1. The highest BCUT2D eigenvalue weighted by molar-refractivity contribution is 7.15. The Morgan fingerprint density at radius 1 is 1.38 bits per heavy atom. The van der Waals surface area contributed by atoms with Crippen LogP contribution in [0, 0.1) is 0 Å². The average Bonchev–Trinajstić information content (AvgIpc) is 3.22. The van der Waals surface area contributed by atoms with Crippen LogP contribution in [-0.2, 0) is 11.2 Å². The zero-order valence-electron chi connectivity index (χ0n) is 13.9. The molecule has 4 N–H and O–H groups in total. The van der Waals surface area contributed by atoms with Gasteiger partial charge in [0.15, 0.2) is 6.61 Å². The van der Waals surface area contributed by atoms with E-state index in [1.807, 2.05) is 12.1 Å². The Balaban J connectivity index is 1.92. The fourth-order valence-corrected chi connectivity index (χ4v) is 4.27. The molecule has 1 aliphatic rings. The quantitative estimate of drug-likeness (QED) is 0.784. The van der Waals surface area contributed by atoms with Gasteiger partial charge in [0.2, 0.25) is 0 Å². The van der Waals surface area contributed by atoms with Crippen LogP contribution >= 0.6 is 11.3 Å². The van der Waals surface area contributed by atoms with E-state index in [9.17, 15) is 4.79 Å². The van der Waals surface area contributed by atoms with Crippen LogP contribution in [0.25, 0.3) is 10.4 Å². The van der Waals surface area contributed by atoms with Crippen molar-refractivity contribution in [2.45, 2.75) is 44.9 Å². The van der Waals surface area contributed by atoms with E-state index >= 15 is 0 Å². The summed E-state index contributed by atoms with van der Waals surface area (Å²) in [7, 11) is 0. The van der Waals surface area contributed by atoms with Crippen LogP contribution in [0.3, 0.4) is 0 Å². The summed E-state index contributed by atoms with van der Waals surface area (Å²) in [6.45, 7) is 1.97. The summed E-state index contributed by atoms with van der Waals surface area (Å²) in [5.74, 6) is 0.529. The summed E-state index contributed by atoms with van der Waals surface area (Å²) in [6, 6.07) is 5.69. The second-order valence-electron chi connectivity index (χ2n) is 6.16. The predicted molar refractivity (Wildman–Crippen MR) is 97.2 cm³/mol. The number of nitrogens with two attached hydrogens (primary N) is 2. The van der Waals surface area contributed by atoms with E-state index in [0.29, 0.717) is 17.4 Å². The maximum absolute atomic E-state index is 10.8. The van der Waals surface area contributed by atoms with Gasteiger partial charge in [-0.1, -0.05) is 19.8 Å². The summed E-state index contributed by atoms with van der Waals surface area (Å²) >= 11 is 1.75. The second kappa shape index (κ2) is 7.21. The van der Waals surface area contributed by atoms with Gasteiger partial charge in [-0.15, -0.1) is 11.3 Å². The maximum Gasteiger partial charge on any atom is 0.255 e. The molecule has 0 bridgehead atoms. The lowest BCUT2D eigenvalue weighted by Gasteiger charge is -2.11. The molecule has 0 unspecified atom stereocenters. The first-order chi connectivity index (χ1) is 11.6. The molecule has 128 valence electrons. The van der Waals surface area contributed by atoms with Crippen LogP contribution in [0.1, 0.15) is 49.2 Å². The van der Waals surface area contributed by atoms with Gasteiger partial charge < -0.3 is 16.2 Å². The summed E-state index contributed by atoms with van der Waals surface area (Å²) in [6.07, 6.45) is 5.94. The first-order valence-corrected chi connectivity index (χ1v) is 9.20. The zero-order chi connectivity index (χ0) is 17.1. The molecule has 3 rings (SSSR count). The third kappa shape index (κ3) is 3.53. The van der Waals surface area contributed by atoms with Crippen LogP contribution in [0.2, 0.25) is 0 Å². The Bertz CT molecular complexity index is 736. The van der Waals surface area contributed by atoms with Gasteiger partial charge in [0.25, 0.3) is 5.91 Å². The molecule has 0 spiro atoms. The minimum Gasteiger partial charge on any atom is -0.482 e. The molecule has 24 heavy (non-hydrogen) atoms. The number of carbonyl (C=O) groups is 1. The van der Waals surface area contributed by atoms with E-state index < -0.39 is 5.91 Å². The summed E-state index contributed by atoms with van der Waals surface area (Å²) in [4.78, 5) is 16.9. The Kier molecular flexibility index (Phi) is 5.04. The molecule has 1 aromatic heterocycles. The van der Waals surface area contributed by atoms with Crippen molar-refractivity contribution in [3.8, 4) is 16.2 Å². The smallest absolute Gasteiger partial charge is 0.255 e. The van der Waals surface area contributed by atoms with Crippen molar-refractivity contribution in [2.75, 3.05) is 12.3 Å². The van der Waals surface area contributed by atoms with Gasteiger partial charge >= 0.3 is 0 Å². The number of hydrogen-bond donors (Lipinski definition) is 2. The largest absolute Gasteiger partial charge is 0.482 e. The number of primary amides is 1. The molecule has 1 fully saturated rings. The number of carbonyl (C=O) groups excluding carboxylic acids is 1. The van der Waals surface area contributed by atoms with Gasteiger partial charge in [-0.3, -0.25) is 4.79 Å². The lowest BCUT2D eigenvalue weighted by Crippen LogP contribution is -2.20. The number of aromatic nitrogens is 1. The Labute approximate surface area is 146 Å². The summed E-state index contributed by atoms with van der Waals surface area (Å²) in [5, 5.41) is 1.17. The number of anilines is 1. The molecular formula is C18H23N3O2S. The van der Waals surface area contributed by atoms with Crippen molar-refractivity contribution < 1.29 is 9.53 Å². The van der Waals surface area contributed by atoms with Gasteiger partial charge in [0, 0.05) is 5.92 Å². The van der Waals surface area contributed by atoms with Gasteiger partial charge in [-0.2, -0.15) is 0 Å². The number of benzene rings is 1. The normalized spacial score (nSPS) is 14.9. The van der Waals surface area contributed by atoms with E-state index in [2.05, 4.69) is 6.92 Å². The molecule has 1 aliphatic carbocycles. The Morgan fingerprint density at radius 2 is 2.12 bits per heavy atom. The molecule has 1 saturated carbocycles. The number of ether oxygens (including phenoxy) is 1. The Morgan fingerprint density at radius 3 is 2.75 bits per heavy atom. The molecule has 1 heterocycles. The first-order valence-electron chi connectivity index (χ1n) is 8.39. The minimum absolute atomic E-state index is 0.169. The minimum atomic E-state index is -0.517. The van der Waals surface area contributed by atoms with E-state index in [1.165, 1.54) is 41.3 Å². The van der Waals surface area contributed by atoms with Crippen molar-refractivity contribution >= 4 is 22.9 Å². The fraction of sp³-hybridized carbons (Fsp3) is 0.444. The van der Waals surface area contributed by atoms with Crippen LogP contribution < -0.4 is 16.2 Å². The molecule has 5 nitrogen and oxygen atoms in total. The van der Waals surface area contributed by atoms with E-state index in [1.54, 1.807) is 17.4 Å². The molecule has 1 aromatic carbocycles. The lowest BCUT2D eigenvalue weighted by atomic mass is 10.00. The highest BCUT2D eigenvalue weighted by Gasteiger charge is 2.24. The number of rotatable bonds is 6. The highest BCUT2D eigenvalue weighted by Crippen LogP contribution is 2.42. The van der Waals surface area contributed by atoms with E-state index in [4.69, 9.17) is 21.2 Å². The number of nitrogen functional groups attached to an aromatic ring is 1. The van der Waals surface area contributed by atoms with Crippen LogP contribution in [0.4, 0.5) is 5.69 Å². The van der Waals surface area contributed by atoms with Crippen molar-refractivity contribution in [2.24, 2.45) is 5.73 Å². The lowest BCUT2D eigenvalue weighted by molar-refractivity contribution is -0.119. The number of amides is 1. The third-order valence-electron chi connectivity index (χ3n) is 4.38. The second-order valence-corrected chi connectivity index (χ2v) is 7.25. The van der Waals surface area contributed by atoms with Gasteiger partial charge in [0.1, 0.15) is 5.75 Å². The monoisotopic (exact) mass is 345 g/mol. The number of aryl methyl sites for hydroxylation is 1. The Hall–Kier alpha value is -2.08. The van der Waals surface area contributed by atoms with Gasteiger partial charge in [-0.05, 0) is 43.0 Å². The third-order valence-corrected chi connectivity index (χ3v) is 5.65. The van der Waals surface area contributed by atoms with Crippen molar-refractivity contribution in [3.05, 3.63) is 28.9 Å². The molecular weight excluding hydrogens is 322 g/mol. The summed E-state index contributed by atoms with van der Waals surface area (Å²) < 4.78 is 5.33. The fourth-order valence-electron chi connectivity index (χ4n) is 3.18. The predicted octanol–water partition coefficient (Wildman–Crippen LogP) is 3.48.